The van der Waals surface area contributed by atoms with E-state index in [-0.39, 0.29) is 18.3 Å². The van der Waals surface area contributed by atoms with Gasteiger partial charge in [0.25, 0.3) is 5.91 Å². The molecular formula is C15H11F3N4O2. The van der Waals surface area contributed by atoms with Gasteiger partial charge >= 0.3 is 12.1 Å². The lowest BCUT2D eigenvalue weighted by atomic mass is 10.1. The van der Waals surface area contributed by atoms with Crippen molar-refractivity contribution in [3.8, 4) is 17.5 Å². The van der Waals surface area contributed by atoms with Crippen molar-refractivity contribution < 1.29 is 22.5 Å². The fourth-order valence-corrected chi connectivity index (χ4v) is 2.06. The molecule has 0 radical (unpaired) electrons. The Balaban J connectivity index is 1.68. The number of nitrogens with zero attached hydrogens (tertiary/aromatic N) is 3. The van der Waals surface area contributed by atoms with Crippen LogP contribution in [0.25, 0.3) is 11.4 Å². The van der Waals surface area contributed by atoms with Crippen molar-refractivity contribution in [1.82, 2.24) is 15.5 Å². The van der Waals surface area contributed by atoms with Gasteiger partial charge in [-0.2, -0.15) is 23.4 Å². The Morgan fingerprint density at radius 2 is 2.00 bits per heavy atom. The van der Waals surface area contributed by atoms with Gasteiger partial charge in [0.2, 0.25) is 5.82 Å². The van der Waals surface area contributed by atoms with Crippen LogP contribution in [0.5, 0.6) is 0 Å². The minimum Gasteiger partial charge on any atom is -0.350 e. The zero-order chi connectivity index (χ0) is 17.4. The summed E-state index contributed by atoms with van der Waals surface area (Å²) in [5, 5.41) is 14.9. The highest BCUT2D eigenvalue weighted by Crippen LogP contribution is 2.44. The molecule has 0 spiro atoms. The molecule has 1 aromatic carbocycles. The third-order valence-electron chi connectivity index (χ3n) is 3.75. The molecule has 124 valence electrons. The van der Waals surface area contributed by atoms with Crippen LogP contribution >= 0.6 is 0 Å². The van der Waals surface area contributed by atoms with E-state index in [0.717, 1.165) is 12.8 Å². The second-order valence-electron chi connectivity index (χ2n) is 5.57. The number of benzene rings is 1. The van der Waals surface area contributed by atoms with Gasteiger partial charge in [0.05, 0.1) is 11.5 Å². The topological polar surface area (TPSA) is 91.8 Å². The van der Waals surface area contributed by atoms with E-state index in [1.165, 1.54) is 24.3 Å². The Bertz CT molecular complexity index is 801. The molecule has 2 aromatic rings. The molecule has 3 rings (SSSR count). The summed E-state index contributed by atoms with van der Waals surface area (Å²) < 4.78 is 41.5. The van der Waals surface area contributed by atoms with E-state index in [2.05, 4.69) is 26.0 Å². The third-order valence-corrected chi connectivity index (χ3v) is 3.75. The molecule has 0 bridgehead atoms. The number of halogens is 3. The number of hydrogen-bond donors (Lipinski definition) is 1. The summed E-state index contributed by atoms with van der Waals surface area (Å²) in [6.07, 6.45) is -3.17. The van der Waals surface area contributed by atoms with E-state index >= 15 is 0 Å². The molecule has 1 aliphatic carbocycles. The number of hydrogen-bond acceptors (Lipinski definition) is 5. The fourth-order valence-electron chi connectivity index (χ4n) is 2.06. The summed E-state index contributed by atoms with van der Waals surface area (Å²) in [6, 6.07) is 7.92. The van der Waals surface area contributed by atoms with Crippen molar-refractivity contribution >= 4 is 5.91 Å². The molecule has 1 saturated carbocycles. The SMILES string of the molecule is N#CC1(CNC(=O)c2ccc(-c3noc(C(F)(F)F)n3)cc2)CC1. The number of nitriles is 1. The van der Waals surface area contributed by atoms with Crippen LogP contribution in [0.1, 0.15) is 29.1 Å². The maximum absolute atomic E-state index is 12.4. The molecule has 0 atom stereocenters. The molecule has 6 nitrogen and oxygen atoms in total. The zero-order valence-corrected chi connectivity index (χ0v) is 12.2. The van der Waals surface area contributed by atoms with Gasteiger partial charge in [-0.3, -0.25) is 4.79 Å². The highest BCUT2D eigenvalue weighted by Gasteiger charge is 2.43. The van der Waals surface area contributed by atoms with Crippen LogP contribution in [0.2, 0.25) is 0 Å². The monoisotopic (exact) mass is 336 g/mol. The predicted octanol–water partition coefficient (Wildman–Crippen LogP) is 2.79. The van der Waals surface area contributed by atoms with Gasteiger partial charge < -0.3 is 9.84 Å². The quantitative estimate of drug-likeness (QED) is 0.927. The van der Waals surface area contributed by atoms with Gasteiger partial charge in [0.1, 0.15) is 0 Å². The van der Waals surface area contributed by atoms with Crippen LogP contribution in [0.4, 0.5) is 13.2 Å². The molecule has 1 amide bonds. The Kier molecular flexibility index (Phi) is 3.75. The summed E-state index contributed by atoms with van der Waals surface area (Å²) in [5.74, 6) is -1.99. The fraction of sp³-hybridized carbons (Fsp3) is 0.333. The first kappa shape index (κ1) is 16.0. The molecular weight excluding hydrogens is 325 g/mol. The minimum atomic E-state index is -4.70. The first-order valence-electron chi connectivity index (χ1n) is 7.04. The predicted molar refractivity (Wildman–Crippen MR) is 74.3 cm³/mol. The number of aromatic nitrogens is 2. The number of carbonyl (C=O) groups excluding carboxylic acids is 1. The van der Waals surface area contributed by atoms with Gasteiger partial charge in [-0.15, -0.1) is 0 Å². The van der Waals surface area contributed by atoms with Gasteiger partial charge in [-0.05, 0) is 25.0 Å². The molecule has 1 fully saturated rings. The molecule has 1 N–H and O–H groups in total. The van der Waals surface area contributed by atoms with Gasteiger partial charge in [0.15, 0.2) is 0 Å². The summed E-state index contributed by atoms with van der Waals surface area (Å²) in [7, 11) is 0. The second-order valence-corrected chi connectivity index (χ2v) is 5.57. The molecule has 1 aliphatic rings. The van der Waals surface area contributed by atoms with Crippen molar-refractivity contribution in [2.24, 2.45) is 5.41 Å². The van der Waals surface area contributed by atoms with E-state index in [1.54, 1.807) is 0 Å². The normalized spacial score (nSPS) is 15.6. The summed E-state index contributed by atoms with van der Waals surface area (Å²) in [5.41, 5.74) is 0.169. The zero-order valence-electron chi connectivity index (χ0n) is 12.2. The van der Waals surface area contributed by atoms with Crippen LogP contribution in [0.3, 0.4) is 0 Å². The maximum atomic E-state index is 12.4. The van der Waals surface area contributed by atoms with E-state index in [4.69, 9.17) is 5.26 Å². The van der Waals surface area contributed by atoms with E-state index in [0.29, 0.717) is 11.1 Å². The van der Waals surface area contributed by atoms with Crippen molar-refractivity contribution in [3.05, 3.63) is 35.7 Å². The Morgan fingerprint density at radius 3 is 2.50 bits per heavy atom. The molecule has 0 saturated heterocycles. The van der Waals surface area contributed by atoms with Crippen LogP contribution in [-0.4, -0.2) is 22.6 Å². The van der Waals surface area contributed by atoms with Crippen molar-refractivity contribution in [2.75, 3.05) is 6.54 Å². The minimum absolute atomic E-state index is 0.212. The summed E-state index contributed by atoms with van der Waals surface area (Å²) >= 11 is 0. The second kappa shape index (κ2) is 5.63. The summed E-state index contributed by atoms with van der Waals surface area (Å²) in [4.78, 5) is 15.3. The summed E-state index contributed by atoms with van der Waals surface area (Å²) in [6.45, 7) is 0.282. The Morgan fingerprint density at radius 1 is 1.33 bits per heavy atom. The largest absolute Gasteiger partial charge is 0.471 e. The Labute approximate surface area is 134 Å². The van der Waals surface area contributed by atoms with Crippen LogP contribution < -0.4 is 5.32 Å². The lowest BCUT2D eigenvalue weighted by Gasteiger charge is -2.08. The molecule has 0 unspecified atom stereocenters. The maximum Gasteiger partial charge on any atom is 0.471 e. The number of nitrogens with one attached hydrogen (secondary N) is 1. The number of carbonyl (C=O) groups is 1. The first-order chi connectivity index (χ1) is 11.3. The number of rotatable bonds is 4. The highest BCUT2D eigenvalue weighted by atomic mass is 19.4. The third kappa shape index (κ3) is 3.22. The Hall–Kier alpha value is -2.89. The average molecular weight is 336 g/mol. The van der Waals surface area contributed by atoms with Crippen LogP contribution in [0, 0.1) is 16.7 Å². The molecule has 24 heavy (non-hydrogen) atoms. The van der Waals surface area contributed by atoms with Crippen molar-refractivity contribution in [2.45, 2.75) is 19.0 Å². The smallest absolute Gasteiger partial charge is 0.350 e. The molecule has 1 aromatic heterocycles. The highest BCUT2D eigenvalue weighted by molar-refractivity contribution is 5.94. The average Bonchev–Trinajstić information content (AvgIpc) is 3.16. The lowest BCUT2D eigenvalue weighted by Crippen LogP contribution is -2.29. The van der Waals surface area contributed by atoms with E-state index in [1.807, 2.05) is 0 Å². The first-order valence-corrected chi connectivity index (χ1v) is 7.04. The van der Waals surface area contributed by atoms with Crippen LogP contribution in [0.15, 0.2) is 28.8 Å². The number of alkyl halides is 3. The van der Waals surface area contributed by atoms with Crippen LogP contribution in [-0.2, 0) is 6.18 Å². The molecule has 1 heterocycles. The van der Waals surface area contributed by atoms with Gasteiger partial charge in [-0.1, -0.05) is 17.3 Å². The number of amides is 1. The van der Waals surface area contributed by atoms with Gasteiger partial charge in [-0.25, -0.2) is 0 Å². The molecule has 9 heteroatoms. The molecule has 0 aliphatic heterocycles. The van der Waals surface area contributed by atoms with E-state index in [9.17, 15) is 18.0 Å². The van der Waals surface area contributed by atoms with E-state index < -0.39 is 17.5 Å². The van der Waals surface area contributed by atoms with Crippen molar-refractivity contribution in [3.63, 3.8) is 0 Å². The lowest BCUT2D eigenvalue weighted by molar-refractivity contribution is -0.159. The standard InChI is InChI=1S/C15H11F3N4O2/c16-15(17,18)13-21-11(22-24-13)9-1-3-10(4-2-9)12(23)20-8-14(7-19)5-6-14/h1-4H,5-6,8H2,(H,20,23). The van der Waals surface area contributed by atoms with Gasteiger partial charge in [0, 0.05) is 17.7 Å². The van der Waals surface area contributed by atoms with Crippen molar-refractivity contribution in [1.29, 1.82) is 5.26 Å².